The van der Waals surface area contributed by atoms with Crippen LogP contribution < -0.4 is 10.2 Å². The highest BCUT2D eigenvalue weighted by Gasteiger charge is 2.18. The van der Waals surface area contributed by atoms with Gasteiger partial charge in [-0.3, -0.25) is 0 Å². The Balaban J connectivity index is 1.81. The van der Waals surface area contributed by atoms with Crippen LogP contribution in [0.4, 0.5) is 21.8 Å². The molecule has 4 nitrogen and oxygen atoms in total. The molecule has 1 aliphatic rings. The van der Waals surface area contributed by atoms with Crippen LogP contribution in [-0.4, -0.2) is 23.1 Å². The van der Waals surface area contributed by atoms with E-state index in [9.17, 15) is 4.39 Å². The molecular formula is C17H20ClFN4. The molecule has 0 aliphatic carbocycles. The Hall–Kier alpha value is -1.88. The molecule has 122 valence electrons. The number of rotatable bonds is 3. The van der Waals surface area contributed by atoms with Gasteiger partial charge in [-0.25, -0.2) is 9.37 Å². The van der Waals surface area contributed by atoms with Gasteiger partial charge in [0, 0.05) is 30.5 Å². The highest BCUT2D eigenvalue weighted by atomic mass is 35.5. The van der Waals surface area contributed by atoms with Crippen molar-refractivity contribution >= 4 is 29.1 Å². The minimum atomic E-state index is -0.431. The zero-order valence-corrected chi connectivity index (χ0v) is 14.1. The molecule has 1 N–H and O–H groups in total. The lowest BCUT2D eigenvalue weighted by Crippen LogP contribution is -2.34. The molecule has 0 unspecified atom stereocenters. The van der Waals surface area contributed by atoms with E-state index >= 15 is 0 Å². The number of nitrogens with one attached hydrogen (secondary N) is 1. The Morgan fingerprint density at radius 2 is 1.96 bits per heavy atom. The number of aromatic nitrogens is 2. The molecule has 2 aromatic rings. The first kappa shape index (κ1) is 16.0. The van der Waals surface area contributed by atoms with Crippen molar-refractivity contribution in [3.63, 3.8) is 0 Å². The predicted molar refractivity (Wildman–Crippen MR) is 92.1 cm³/mol. The Labute approximate surface area is 140 Å². The molecule has 1 aromatic carbocycles. The average Bonchev–Trinajstić information content (AvgIpc) is 2.51. The fourth-order valence-electron chi connectivity index (χ4n) is 2.69. The summed E-state index contributed by atoms with van der Waals surface area (Å²) in [6.45, 7) is 6.18. The SMILES string of the molecule is Cc1cc(Nc2ccc(F)c(Cl)c2)nc(N2CCC(C)CC2)n1. The van der Waals surface area contributed by atoms with Gasteiger partial charge in [0.15, 0.2) is 0 Å². The van der Waals surface area contributed by atoms with E-state index in [0.29, 0.717) is 11.5 Å². The van der Waals surface area contributed by atoms with Gasteiger partial charge in [-0.2, -0.15) is 4.98 Å². The highest BCUT2D eigenvalue weighted by Crippen LogP contribution is 2.25. The molecule has 1 aromatic heterocycles. The Morgan fingerprint density at radius 3 is 2.65 bits per heavy atom. The van der Waals surface area contributed by atoms with Gasteiger partial charge in [-0.15, -0.1) is 0 Å². The molecule has 1 aliphatic heterocycles. The molecule has 1 fully saturated rings. The van der Waals surface area contributed by atoms with Crippen LogP contribution in [0, 0.1) is 18.7 Å². The molecule has 0 radical (unpaired) electrons. The Kier molecular flexibility index (Phi) is 4.66. The standard InChI is InChI=1S/C17H20ClFN4/c1-11-5-7-23(8-6-11)17-20-12(2)9-16(22-17)21-13-3-4-15(19)14(18)10-13/h3-4,9-11H,5-8H2,1-2H3,(H,20,21,22). The molecule has 0 spiro atoms. The normalized spacial score (nSPS) is 15.7. The number of aryl methyl sites for hydroxylation is 1. The topological polar surface area (TPSA) is 41.1 Å². The molecule has 0 amide bonds. The third-order valence-corrected chi connectivity index (χ3v) is 4.39. The summed E-state index contributed by atoms with van der Waals surface area (Å²) in [4.78, 5) is 11.4. The first-order chi connectivity index (χ1) is 11.0. The van der Waals surface area contributed by atoms with E-state index in [0.717, 1.165) is 43.5 Å². The van der Waals surface area contributed by atoms with Crippen molar-refractivity contribution in [2.24, 2.45) is 5.92 Å². The van der Waals surface area contributed by atoms with Gasteiger partial charge in [0.1, 0.15) is 11.6 Å². The third-order valence-electron chi connectivity index (χ3n) is 4.10. The summed E-state index contributed by atoms with van der Waals surface area (Å²) >= 11 is 5.82. The number of piperidine rings is 1. The molecule has 2 heterocycles. The summed E-state index contributed by atoms with van der Waals surface area (Å²) in [6, 6.07) is 6.40. The largest absolute Gasteiger partial charge is 0.341 e. The molecule has 0 bridgehead atoms. The predicted octanol–water partition coefficient (Wildman–Crippen LogP) is 4.56. The molecule has 0 saturated carbocycles. The molecular weight excluding hydrogens is 315 g/mol. The Bertz CT molecular complexity index is 699. The smallest absolute Gasteiger partial charge is 0.227 e. The maximum absolute atomic E-state index is 13.2. The van der Waals surface area contributed by atoms with Gasteiger partial charge in [0.05, 0.1) is 5.02 Å². The lowest BCUT2D eigenvalue weighted by atomic mass is 10.00. The average molecular weight is 335 g/mol. The summed E-state index contributed by atoms with van der Waals surface area (Å²) in [6.07, 6.45) is 2.32. The van der Waals surface area contributed by atoms with Gasteiger partial charge in [0.25, 0.3) is 0 Å². The first-order valence-electron chi connectivity index (χ1n) is 7.84. The minimum Gasteiger partial charge on any atom is -0.341 e. The number of benzene rings is 1. The number of hydrogen-bond donors (Lipinski definition) is 1. The van der Waals surface area contributed by atoms with Crippen LogP contribution in [0.1, 0.15) is 25.5 Å². The van der Waals surface area contributed by atoms with Crippen LogP contribution >= 0.6 is 11.6 Å². The second-order valence-electron chi connectivity index (χ2n) is 6.12. The van der Waals surface area contributed by atoms with Crippen molar-refractivity contribution < 1.29 is 4.39 Å². The maximum atomic E-state index is 13.2. The number of anilines is 3. The van der Waals surface area contributed by atoms with Crippen LogP contribution in [0.25, 0.3) is 0 Å². The zero-order valence-electron chi connectivity index (χ0n) is 13.3. The Morgan fingerprint density at radius 1 is 1.22 bits per heavy atom. The molecule has 1 saturated heterocycles. The lowest BCUT2D eigenvalue weighted by Gasteiger charge is -2.30. The van der Waals surface area contributed by atoms with Crippen molar-refractivity contribution in [3.8, 4) is 0 Å². The molecule has 0 atom stereocenters. The van der Waals surface area contributed by atoms with Crippen molar-refractivity contribution in [3.05, 3.63) is 40.8 Å². The summed E-state index contributed by atoms with van der Waals surface area (Å²) in [7, 11) is 0. The van der Waals surface area contributed by atoms with Crippen LogP contribution in [0.2, 0.25) is 5.02 Å². The summed E-state index contributed by atoms with van der Waals surface area (Å²) in [5, 5.41) is 3.26. The summed E-state index contributed by atoms with van der Waals surface area (Å²) in [5.41, 5.74) is 1.59. The van der Waals surface area contributed by atoms with E-state index in [2.05, 4.69) is 27.1 Å². The van der Waals surface area contributed by atoms with E-state index in [1.807, 2.05) is 13.0 Å². The summed E-state index contributed by atoms with van der Waals surface area (Å²) in [5.74, 6) is 1.76. The fourth-order valence-corrected chi connectivity index (χ4v) is 2.87. The van der Waals surface area contributed by atoms with Crippen LogP contribution in [0.15, 0.2) is 24.3 Å². The van der Waals surface area contributed by atoms with Crippen molar-refractivity contribution in [2.45, 2.75) is 26.7 Å². The summed E-state index contributed by atoms with van der Waals surface area (Å²) < 4.78 is 13.2. The minimum absolute atomic E-state index is 0.0889. The highest BCUT2D eigenvalue weighted by molar-refractivity contribution is 6.31. The number of hydrogen-bond acceptors (Lipinski definition) is 4. The van der Waals surface area contributed by atoms with Crippen LogP contribution in [0.3, 0.4) is 0 Å². The molecule has 23 heavy (non-hydrogen) atoms. The van der Waals surface area contributed by atoms with E-state index in [-0.39, 0.29) is 5.02 Å². The van der Waals surface area contributed by atoms with Crippen molar-refractivity contribution in [2.75, 3.05) is 23.3 Å². The molecule has 6 heteroatoms. The van der Waals surface area contributed by atoms with E-state index in [4.69, 9.17) is 11.6 Å². The zero-order chi connectivity index (χ0) is 16.4. The van der Waals surface area contributed by atoms with Gasteiger partial charge < -0.3 is 10.2 Å². The van der Waals surface area contributed by atoms with E-state index in [1.165, 1.54) is 6.07 Å². The van der Waals surface area contributed by atoms with Crippen molar-refractivity contribution in [1.82, 2.24) is 9.97 Å². The first-order valence-corrected chi connectivity index (χ1v) is 8.22. The quantitative estimate of drug-likeness (QED) is 0.893. The van der Waals surface area contributed by atoms with Gasteiger partial charge in [0.2, 0.25) is 5.95 Å². The van der Waals surface area contributed by atoms with E-state index in [1.54, 1.807) is 12.1 Å². The monoisotopic (exact) mass is 334 g/mol. The van der Waals surface area contributed by atoms with Crippen LogP contribution in [0.5, 0.6) is 0 Å². The van der Waals surface area contributed by atoms with Crippen molar-refractivity contribution in [1.29, 1.82) is 0 Å². The maximum Gasteiger partial charge on any atom is 0.227 e. The van der Waals surface area contributed by atoms with E-state index < -0.39 is 5.82 Å². The second-order valence-corrected chi connectivity index (χ2v) is 6.53. The fraction of sp³-hybridized carbons (Fsp3) is 0.412. The van der Waals surface area contributed by atoms with Gasteiger partial charge >= 0.3 is 0 Å². The molecule has 3 rings (SSSR count). The van der Waals surface area contributed by atoms with Gasteiger partial charge in [-0.05, 0) is 43.9 Å². The second kappa shape index (κ2) is 6.71. The number of halogens is 2. The number of nitrogens with zero attached hydrogens (tertiary/aromatic N) is 3. The third kappa shape index (κ3) is 3.91. The van der Waals surface area contributed by atoms with Gasteiger partial charge in [-0.1, -0.05) is 18.5 Å². The van der Waals surface area contributed by atoms with Crippen LogP contribution in [-0.2, 0) is 0 Å². The lowest BCUT2D eigenvalue weighted by molar-refractivity contribution is 0.434.